The van der Waals surface area contributed by atoms with E-state index in [-0.39, 0.29) is 5.92 Å². The van der Waals surface area contributed by atoms with Gasteiger partial charge in [-0.2, -0.15) is 0 Å². The van der Waals surface area contributed by atoms with E-state index < -0.39 is 23.1 Å². The Bertz CT molecular complexity index is 643. The third-order valence-corrected chi connectivity index (χ3v) is 9.60. The number of hydrogen-bond donors (Lipinski definition) is 2. The molecule has 0 aliphatic heterocycles. The zero-order chi connectivity index (χ0) is 20.2. The molecule has 0 heterocycles. The van der Waals surface area contributed by atoms with Gasteiger partial charge in [0.05, 0.1) is 11.0 Å². The molecule has 28 heavy (non-hydrogen) atoms. The molecule has 4 aliphatic rings. The Labute approximate surface area is 170 Å². The van der Waals surface area contributed by atoms with Gasteiger partial charge in [-0.3, -0.25) is 0 Å². The van der Waals surface area contributed by atoms with Gasteiger partial charge >= 0.3 is 0 Å². The second-order valence-corrected chi connectivity index (χ2v) is 10.4. The Balaban J connectivity index is 1.63. The van der Waals surface area contributed by atoms with E-state index in [1.54, 1.807) is 0 Å². The van der Waals surface area contributed by atoms with E-state index in [4.69, 9.17) is 15.9 Å². The summed E-state index contributed by atoms with van der Waals surface area (Å²) in [6.07, 6.45) is 15.1. The second kappa shape index (κ2) is 6.98. The number of aliphatic hydroxyl groups is 2. The average molecular weight is 391 g/mol. The first kappa shape index (κ1) is 20.7. The van der Waals surface area contributed by atoms with Gasteiger partial charge in [-0.15, -0.1) is 6.42 Å². The molecule has 4 fully saturated rings. The first-order valence-electron chi connectivity index (χ1n) is 11.4. The molecule has 4 rings (SSSR count). The average Bonchev–Trinajstić information content (AvgIpc) is 2.88. The minimum absolute atomic E-state index is 0.236. The molecular formula is C24H38O4. The molecule has 0 radical (unpaired) electrons. The van der Waals surface area contributed by atoms with Crippen molar-refractivity contribution in [1.29, 1.82) is 0 Å². The van der Waals surface area contributed by atoms with E-state index in [1.165, 1.54) is 32.1 Å². The van der Waals surface area contributed by atoms with Crippen molar-refractivity contribution in [2.24, 2.45) is 28.6 Å². The Morgan fingerprint density at radius 2 is 1.79 bits per heavy atom. The summed E-state index contributed by atoms with van der Waals surface area (Å²) in [5.41, 5.74) is -1.28. The SMILES string of the molecule is C#CC(OCC)OC1(O)CC[C@@]2(O)[C@@H]3CCC4CCCC[C@]4(C)[C@@H]3CC[C@]12C. The fourth-order valence-electron chi connectivity index (χ4n) is 7.87. The molecule has 0 bridgehead atoms. The molecule has 4 nitrogen and oxygen atoms in total. The van der Waals surface area contributed by atoms with Gasteiger partial charge in [0, 0.05) is 13.0 Å². The van der Waals surface area contributed by atoms with Crippen molar-refractivity contribution in [2.45, 2.75) is 103 Å². The summed E-state index contributed by atoms with van der Waals surface area (Å²) in [6, 6.07) is 0. The minimum Gasteiger partial charge on any atom is -0.389 e. The Morgan fingerprint density at radius 3 is 2.50 bits per heavy atom. The lowest BCUT2D eigenvalue weighted by Crippen LogP contribution is -2.65. The number of ether oxygens (including phenoxy) is 2. The highest BCUT2D eigenvalue weighted by Gasteiger charge is 2.72. The molecule has 0 aromatic carbocycles. The number of terminal acetylenes is 1. The van der Waals surface area contributed by atoms with Crippen LogP contribution in [0.1, 0.15) is 85.0 Å². The van der Waals surface area contributed by atoms with Crippen molar-refractivity contribution in [3.05, 3.63) is 0 Å². The molecule has 4 heteroatoms. The predicted molar refractivity (Wildman–Crippen MR) is 108 cm³/mol. The van der Waals surface area contributed by atoms with Crippen LogP contribution in [0.2, 0.25) is 0 Å². The third kappa shape index (κ3) is 2.66. The van der Waals surface area contributed by atoms with Crippen LogP contribution >= 0.6 is 0 Å². The van der Waals surface area contributed by atoms with Gasteiger partial charge in [-0.25, -0.2) is 0 Å². The quantitative estimate of drug-likeness (QED) is 0.557. The predicted octanol–water partition coefficient (Wildman–Crippen LogP) is 4.24. The van der Waals surface area contributed by atoms with Crippen LogP contribution in [-0.4, -0.2) is 34.5 Å². The van der Waals surface area contributed by atoms with Crippen LogP contribution < -0.4 is 0 Å². The molecule has 0 spiro atoms. The summed E-state index contributed by atoms with van der Waals surface area (Å²) >= 11 is 0. The van der Waals surface area contributed by atoms with Crippen molar-refractivity contribution < 1.29 is 19.7 Å². The Morgan fingerprint density at radius 1 is 1.00 bits per heavy atom. The van der Waals surface area contributed by atoms with Crippen LogP contribution in [-0.2, 0) is 9.47 Å². The number of rotatable bonds is 4. The molecule has 0 amide bonds. The van der Waals surface area contributed by atoms with Crippen molar-refractivity contribution in [3.63, 3.8) is 0 Å². The standard InChI is InChI=1S/C24H38O4/c1-5-20(27-6-2)28-24(26)16-15-23(25)19-11-10-17-9-7-8-13-21(17,3)18(19)12-14-22(23,24)4/h1,17-20,25-26H,6-16H2,2-4H3/t17?,18-,19-,20?,21+,22+,23-,24?/m1/s1. The Kier molecular flexibility index (Phi) is 5.15. The van der Waals surface area contributed by atoms with Gasteiger partial charge < -0.3 is 19.7 Å². The largest absolute Gasteiger partial charge is 0.389 e. The Hall–Kier alpha value is -0.600. The fourth-order valence-corrected chi connectivity index (χ4v) is 7.87. The highest BCUT2D eigenvalue weighted by Crippen LogP contribution is 2.70. The number of fused-ring (bicyclic) bond motifs is 5. The van der Waals surface area contributed by atoms with Crippen LogP contribution in [0, 0.1) is 40.9 Å². The molecular weight excluding hydrogens is 352 g/mol. The molecule has 0 aromatic heterocycles. The molecule has 4 aliphatic carbocycles. The summed E-state index contributed by atoms with van der Waals surface area (Å²) in [7, 11) is 0. The normalized spacial score (nSPS) is 51.5. The highest BCUT2D eigenvalue weighted by atomic mass is 16.7. The van der Waals surface area contributed by atoms with Crippen LogP contribution in [0.5, 0.6) is 0 Å². The van der Waals surface area contributed by atoms with Crippen LogP contribution in [0.25, 0.3) is 0 Å². The minimum atomic E-state index is -1.44. The van der Waals surface area contributed by atoms with Crippen molar-refractivity contribution >= 4 is 0 Å². The van der Waals surface area contributed by atoms with Gasteiger partial charge in [-0.05, 0) is 81.0 Å². The van der Waals surface area contributed by atoms with Crippen LogP contribution in [0.4, 0.5) is 0 Å². The van der Waals surface area contributed by atoms with E-state index in [2.05, 4.69) is 12.8 Å². The van der Waals surface area contributed by atoms with Gasteiger partial charge in [-0.1, -0.05) is 26.7 Å². The van der Waals surface area contributed by atoms with Crippen LogP contribution in [0.3, 0.4) is 0 Å². The van der Waals surface area contributed by atoms with E-state index >= 15 is 0 Å². The smallest absolute Gasteiger partial charge is 0.224 e. The van der Waals surface area contributed by atoms with E-state index in [1.807, 2.05) is 13.8 Å². The van der Waals surface area contributed by atoms with Gasteiger partial charge in [0.2, 0.25) is 6.29 Å². The van der Waals surface area contributed by atoms with Gasteiger partial charge in [0.25, 0.3) is 0 Å². The van der Waals surface area contributed by atoms with Gasteiger partial charge in [0.1, 0.15) is 0 Å². The maximum atomic E-state index is 12.1. The molecule has 4 saturated carbocycles. The monoisotopic (exact) mass is 390 g/mol. The van der Waals surface area contributed by atoms with Crippen molar-refractivity contribution in [3.8, 4) is 12.3 Å². The van der Waals surface area contributed by atoms with Crippen molar-refractivity contribution in [1.82, 2.24) is 0 Å². The van der Waals surface area contributed by atoms with Crippen molar-refractivity contribution in [2.75, 3.05) is 6.61 Å². The lowest BCUT2D eigenvalue weighted by molar-refractivity contribution is -0.343. The molecule has 3 unspecified atom stereocenters. The lowest BCUT2D eigenvalue weighted by Gasteiger charge is -2.63. The van der Waals surface area contributed by atoms with E-state index in [0.717, 1.165) is 25.2 Å². The zero-order valence-electron chi connectivity index (χ0n) is 17.9. The summed E-state index contributed by atoms with van der Waals surface area (Å²) < 4.78 is 11.4. The zero-order valence-corrected chi connectivity index (χ0v) is 17.9. The summed E-state index contributed by atoms with van der Waals surface area (Å²) in [5.74, 6) is 2.63. The first-order chi connectivity index (χ1) is 13.2. The highest BCUT2D eigenvalue weighted by molar-refractivity contribution is 5.19. The summed E-state index contributed by atoms with van der Waals surface area (Å²) in [4.78, 5) is 0. The van der Waals surface area contributed by atoms with E-state index in [9.17, 15) is 10.2 Å². The first-order valence-corrected chi connectivity index (χ1v) is 11.4. The summed E-state index contributed by atoms with van der Waals surface area (Å²) in [5, 5.41) is 23.7. The summed E-state index contributed by atoms with van der Waals surface area (Å²) in [6.45, 7) is 6.79. The molecule has 0 saturated heterocycles. The van der Waals surface area contributed by atoms with E-state index in [0.29, 0.717) is 30.8 Å². The maximum Gasteiger partial charge on any atom is 0.224 e. The molecule has 2 N–H and O–H groups in total. The molecule has 0 aromatic rings. The molecule has 8 atom stereocenters. The lowest BCUT2D eigenvalue weighted by atomic mass is 9.43. The van der Waals surface area contributed by atoms with Crippen LogP contribution in [0.15, 0.2) is 0 Å². The third-order valence-electron chi connectivity index (χ3n) is 9.60. The maximum absolute atomic E-state index is 12.1. The second-order valence-electron chi connectivity index (χ2n) is 10.4. The number of hydrogen-bond acceptors (Lipinski definition) is 4. The topological polar surface area (TPSA) is 58.9 Å². The fraction of sp³-hybridized carbons (Fsp3) is 0.917. The van der Waals surface area contributed by atoms with Gasteiger partial charge in [0.15, 0.2) is 5.79 Å². The molecule has 158 valence electrons.